The molecule has 0 radical (unpaired) electrons. The number of pyridine rings is 1. The summed E-state index contributed by atoms with van der Waals surface area (Å²) >= 11 is 0. The van der Waals surface area contributed by atoms with Gasteiger partial charge in [-0.05, 0) is 32.4 Å². The molecular formula is C13H18N4O2. The Hall–Kier alpha value is -1.79. The number of rotatable bonds is 5. The lowest BCUT2D eigenvalue weighted by Crippen LogP contribution is -2.20. The molecule has 0 saturated heterocycles. The molecule has 2 aromatic heterocycles. The number of hydrogen-bond acceptors (Lipinski definition) is 6. The average Bonchev–Trinajstić information content (AvgIpc) is 2.85. The van der Waals surface area contributed by atoms with Crippen molar-refractivity contribution in [3.63, 3.8) is 0 Å². The van der Waals surface area contributed by atoms with Crippen molar-refractivity contribution in [2.45, 2.75) is 32.9 Å². The van der Waals surface area contributed by atoms with Crippen LogP contribution in [-0.2, 0) is 4.74 Å². The Balaban J connectivity index is 2.10. The van der Waals surface area contributed by atoms with Crippen molar-refractivity contribution in [3.05, 3.63) is 29.8 Å². The highest BCUT2D eigenvalue weighted by atomic mass is 16.5. The van der Waals surface area contributed by atoms with Gasteiger partial charge in [0.1, 0.15) is 0 Å². The van der Waals surface area contributed by atoms with Gasteiger partial charge in [0.25, 0.3) is 5.89 Å². The van der Waals surface area contributed by atoms with E-state index in [9.17, 15) is 0 Å². The third-order valence-corrected chi connectivity index (χ3v) is 2.50. The Labute approximate surface area is 112 Å². The van der Waals surface area contributed by atoms with Gasteiger partial charge in [-0.15, -0.1) is 0 Å². The largest absolute Gasteiger partial charge is 0.377 e. The summed E-state index contributed by atoms with van der Waals surface area (Å²) in [4.78, 5) is 8.37. The second-order valence-electron chi connectivity index (χ2n) is 4.70. The van der Waals surface area contributed by atoms with Gasteiger partial charge in [0.2, 0.25) is 0 Å². The average molecular weight is 262 g/mol. The summed E-state index contributed by atoms with van der Waals surface area (Å²) in [6.45, 7) is 6.22. The Morgan fingerprint density at radius 3 is 2.84 bits per heavy atom. The molecule has 2 heterocycles. The van der Waals surface area contributed by atoms with Crippen molar-refractivity contribution in [3.8, 4) is 11.5 Å². The highest BCUT2D eigenvalue weighted by Crippen LogP contribution is 2.18. The molecule has 0 aromatic carbocycles. The van der Waals surface area contributed by atoms with Crippen LogP contribution in [0.25, 0.3) is 11.5 Å². The van der Waals surface area contributed by atoms with Crippen LogP contribution < -0.4 is 5.73 Å². The van der Waals surface area contributed by atoms with Crippen LogP contribution >= 0.6 is 0 Å². The van der Waals surface area contributed by atoms with Crippen molar-refractivity contribution < 1.29 is 9.26 Å². The van der Waals surface area contributed by atoms with E-state index in [-0.39, 0.29) is 6.10 Å². The van der Waals surface area contributed by atoms with Crippen molar-refractivity contribution >= 4 is 0 Å². The van der Waals surface area contributed by atoms with Crippen LogP contribution in [0.15, 0.2) is 23.0 Å². The third kappa shape index (κ3) is 3.59. The highest BCUT2D eigenvalue weighted by molar-refractivity contribution is 5.51. The smallest absolute Gasteiger partial charge is 0.259 e. The van der Waals surface area contributed by atoms with Crippen molar-refractivity contribution in [1.82, 2.24) is 15.1 Å². The van der Waals surface area contributed by atoms with Gasteiger partial charge in [0.05, 0.1) is 24.3 Å². The summed E-state index contributed by atoms with van der Waals surface area (Å²) in [5, 5.41) is 3.88. The molecule has 6 heteroatoms. The number of nitrogens with zero attached hydrogens (tertiary/aromatic N) is 3. The lowest BCUT2D eigenvalue weighted by Gasteiger charge is -2.10. The summed E-state index contributed by atoms with van der Waals surface area (Å²) < 4.78 is 10.6. The van der Waals surface area contributed by atoms with Gasteiger partial charge in [-0.3, -0.25) is 4.98 Å². The van der Waals surface area contributed by atoms with Crippen LogP contribution in [0.2, 0.25) is 0 Å². The van der Waals surface area contributed by atoms with Gasteiger partial charge in [-0.25, -0.2) is 0 Å². The zero-order valence-corrected chi connectivity index (χ0v) is 11.3. The maximum atomic E-state index is 5.94. The summed E-state index contributed by atoms with van der Waals surface area (Å²) in [7, 11) is 0. The van der Waals surface area contributed by atoms with E-state index in [1.165, 1.54) is 0 Å². The van der Waals surface area contributed by atoms with E-state index in [0.717, 1.165) is 11.1 Å². The minimum Gasteiger partial charge on any atom is -0.377 e. The Morgan fingerprint density at radius 1 is 1.37 bits per heavy atom. The quantitative estimate of drug-likeness (QED) is 0.885. The van der Waals surface area contributed by atoms with Gasteiger partial charge in [0.15, 0.2) is 5.82 Å². The zero-order valence-electron chi connectivity index (χ0n) is 11.3. The maximum absolute atomic E-state index is 5.94. The van der Waals surface area contributed by atoms with Crippen LogP contribution in [0.5, 0.6) is 0 Å². The minimum atomic E-state index is -0.391. The molecule has 0 amide bonds. The Kier molecular flexibility index (Phi) is 4.24. The molecule has 0 saturated carbocycles. The molecule has 0 spiro atoms. The SMILES string of the molecule is Cc1cncc(-c2nc(C(N)COC(C)C)no2)c1. The molecule has 0 bridgehead atoms. The molecule has 2 rings (SSSR count). The maximum Gasteiger partial charge on any atom is 0.259 e. The third-order valence-electron chi connectivity index (χ3n) is 2.50. The van der Waals surface area contributed by atoms with Crippen LogP contribution in [0, 0.1) is 6.92 Å². The van der Waals surface area contributed by atoms with Gasteiger partial charge in [-0.2, -0.15) is 4.98 Å². The monoisotopic (exact) mass is 262 g/mol. The van der Waals surface area contributed by atoms with E-state index < -0.39 is 6.04 Å². The molecule has 1 atom stereocenters. The number of ether oxygens (including phenoxy) is 1. The van der Waals surface area contributed by atoms with Crippen molar-refractivity contribution in [2.75, 3.05) is 6.61 Å². The summed E-state index contributed by atoms with van der Waals surface area (Å²) in [6.07, 6.45) is 3.57. The molecule has 2 aromatic rings. The molecule has 2 N–H and O–H groups in total. The fourth-order valence-corrected chi connectivity index (χ4v) is 1.55. The number of aromatic nitrogens is 3. The van der Waals surface area contributed by atoms with Gasteiger partial charge < -0.3 is 15.0 Å². The molecule has 0 aliphatic heterocycles. The Morgan fingerprint density at radius 2 is 2.16 bits per heavy atom. The summed E-state index contributed by atoms with van der Waals surface area (Å²) in [5.41, 5.74) is 7.76. The van der Waals surface area contributed by atoms with E-state index in [4.69, 9.17) is 15.0 Å². The second-order valence-corrected chi connectivity index (χ2v) is 4.70. The van der Waals surface area contributed by atoms with Gasteiger partial charge >= 0.3 is 0 Å². The lowest BCUT2D eigenvalue weighted by molar-refractivity contribution is 0.0665. The molecule has 102 valence electrons. The normalized spacial score (nSPS) is 12.9. The molecular weight excluding hydrogens is 244 g/mol. The van der Waals surface area contributed by atoms with Crippen LogP contribution in [0.3, 0.4) is 0 Å². The Bertz CT molecular complexity index is 539. The predicted octanol–water partition coefficient (Wildman–Crippen LogP) is 1.86. The van der Waals surface area contributed by atoms with E-state index >= 15 is 0 Å². The summed E-state index contributed by atoms with van der Waals surface area (Å²) in [5.74, 6) is 0.864. The number of hydrogen-bond donors (Lipinski definition) is 1. The van der Waals surface area contributed by atoms with Crippen LogP contribution in [-0.4, -0.2) is 27.8 Å². The standard InChI is InChI=1S/C13H18N4O2/c1-8(2)18-7-11(14)12-16-13(19-17-12)10-4-9(3)5-15-6-10/h4-6,8,11H,7,14H2,1-3H3. The molecule has 1 unspecified atom stereocenters. The van der Waals surface area contributed by atoms with Gasteiger partial charge in [-0.1, -0.05) is 5.16 Å². The second kappa shape index (κ2) is 5.90. The predicted molar refractivity (Wildman–Crippen MR) is 70.3 cm³/mol. The summed E-state index contributed by atoms with van der Waals surface area (Å²) in [6, 6.07) is 1.54. The first kappa shape index (κ1) is 13.6. The van der Waals surface area contributed by atoms with E-state index in [1.54, 1.807) is 12.4 Å². The van der Waals surface area contributed by atoms with Crippen LogP contribution in [0.4, 0.5) is 0 Å². The topological polar surface area (TPSA) is 87.1 Å². The molecule has 19 heavy (non-hydrogen) atoms. The first-order valence-electron chi connectivity index (χ1n) is 6.19. The minimum absolute atomic E-state index is 0.124. The first-order chi connectivity index (χ1) is 9.06. The van der Waals surface area contributed by atoms with Crippen LogP contribution in [0.1, 0.15) is 31.3 Å². The van der Waals surface area contributed by atoms with E-state index in [2.05, 4.69) is 15.1 Å². The molecule has 6 nitrogen and oxygen atoms in total. The van der Waals surface area contributed by atoms with Crippen molar-refractivity contribution in [2.24, 2.45) is 5.73 Å². The van der Waals surface area contributed by atoms with Gasteiger partial charge in [0, 0.05) is 12.4 Å². The number of aryl methyl sites for hydroxylation is 1. The zero-order chi connectivity index (χ0) is 13.8. The lowest BCUT2D eigenvalue weighted by atomic mass is 10.2. The van der Waals surface area contributed by atoms with Crippen molar-refractivity contribution in [1.29, 1.82) is 0 Å². The fraction of sp³-hybridized carbons (Fsp3) is 0.462. The molecule has 0 aliphatic carbocycles. The highest BCUT2D eigenvalue weighted by Gasteiger charge is 2.16. The molecule has 0 aliphatic rings. The first-order valence-corrected chi connectivity index (χ1v) is 6.19. The number of nitrogens with two attached hydrogens (primary N) is 1. The molecule has 0 fully saturated rings. The fourth-order valence-electron chi connectivity index (χ4n) is 1.55. The van der Waals surface area contributed by atoms with E-state index in [1.807, 2.05) is 26.8 Å². The van der Waals surface area contributed by atoms with E-state index in [0.29, 0.717) is 18.3 Å².